The third-order valence-corrected chi connectivity index (χ3v) is 5.38. The lowest BCUT2D eigenvalue weighted by atomic mass is 9.91. The van der Waals surface area contributed by atoms with Crippen molar-refractivity contribution in [2.75, 3.05) is 0 Å². The summed E-state index contributed by atoms with van der Waals surface area (Å²) in [6.45, 7) is 8.78. The van der Waals surface area contributed by atoms with E-state index in [9.17, 15) is 14.4 Å². The molecule has 2 aromatic heterocycles. The fourth-order valence-corrected chi connectivity index (χ4v) is 3.93. The summed E-state index contributed by atoms with van der Waals surface area (Å²) in [4.78, 5) is 37.8. The lowest BCUT2D eigenvalue weighted by molar-refractivity contribution is -0.671. The molecule has 0 unspecified atom stereocenters. The molecule has 1 aliphatic heterocycles. The van der Waals surface area contributed by atoms with Crippen LogP contribution in [-0.2, 0) is 13.6 Å². The van der Waals surface area contributed by atoms with Crippen molar-refractivity contribution in [3.8, 4) is 0 Å². The molecule has 5 rings (SSSR count). The Hall–Kier alpha value is -3.80. The molecule has 1 N–H and O–H groups in total. The molecule has 0 saturated carbocycles. The second-order valence-corrected chi connectivity index (χ2v) is 7.77. The molecule has 6 nitrogen and oxygen atoms in total. The molecule has 0 spiro atoms. The van der Waals surface area contributed by atoms with Crippen LogP contribution in [0.4, 0.5) is 0 Å². The second-order valence-electron chi connectivity index (χ2n) is 7.77. The standard InChI is InChI=1S/C22H15N3O3.C3H8/c1-12-14-3-4-15-19-16(21(27)23-20(15)26)5-6-17(18(14)19)22(28)25(12)11-13-7-9-24(2)10-8-13;1-3-2/h3-10H,1,11H2,2H3;3H2,1-2H3/p+1. The zero-order valence-electron chi connectivity index (χ0n) is 17.9. The van der Waals surface area contributed by atoms with Crippen molar-refractivity contribution in [3.63, 3.8) is 0 Å². The summed E-state index contributed by atoms with van der Waals surface area (Å²) in [6.07, 6.45) is 5.10. The first-order valence-electron chi connectivity index (χ1n) is 10.3. The molecule has 2 amide bonds. The van der Waals surface area contributed by atoms with Crippen LogP contribution in [0.2, 0.25) is 0 Å². The summed E-state index contributed by atoms with van der Waals surface area (Å²) in [7, 11) is 1.93. The first-order chi connectivity index (χ1) is 14.9. The fraction of sp³-hybridized carbons (Fsp3) is 0.200. The zero-order valence-corrected chi connectivity index (χ0v) is 17.9. The number of imide groups is 1. The van der Waals surface area contributed by atoms with Crippen molar-refractivity contribution >= 4 is 39.9 Å². The van der Waals surface area contributed by atoms with Gasteiger partial charge in [0.15, 0.2) is 12.4 Å². The van der Waals surface area contributed by atoms with Gasteiger partial charge in [0.05, 0.1) is 6.54 Å². The summed E-state index contributed by atoms with van der Waals surface area (Å²) >= 11 is 0. The topological polar surface area (TPSA) is 72.1 Å². The van der Waals surface area contributed by atoms with E-state index in [1.165, 1.54) is 6.42 Å². The van der Waals surface area contributed by atoms with E-state index in [-0.39, 0.29) is 5.56 Å². The maximum absolute atomic E-state index is 13.3. The van der Waals surface area contributed by atoms with Gasteiger partial charge in [0.25, 0.3) is 17.4 Å². The summed E-state index contributed by atoms with van der Waals surface area (Å²) in [5.41, 5.74) is 1.60. The molecule has 4 aromatic rings. The molecule has 0 saturated heterocycles. The Morgan fingerprint density at radius 1 is 0.871 bits per heavy atom. The average Bonchev–Trinajstić information content (AvgIpc) is 2.75. The van der Waals surface area contributed by atoms with Gasteiger partial charge in [-0.15, -0.1) is 0 Å². The van der Waals surface area contributed by atoms with Crippen LogP contribution in [0.3, 0.4) is 0 Å². The highest BCUT2D eigenvalue weighted by atomic mass is 16.2. The lowest BCUT2D eigenvalue weighted by Gasteiger charge is -2.20. The quantitative estimate of drug-likeness (QED) is 0.405. The highest BCUT2D eigenvalue weighted by Crippen LogP contribution is 2.31. The van der Waals surface area contributed by atoms with E-state index in [2.05, 4.69) is 25.7 Å². The minimum Gasteiger partial charge on any atom is -0.304 e. The molecule has 3 heterocycles. The molecule has 0 bridgehead atoms. The molecular formula is C25H24N3O3+. The molecule has 0 fully saturated rings. The highest BCUT2D eigenvalue weighted by Gasteiger charge is 2.27. The van der Waals surface area contributed by atoms with Crippen molar-refractivity contribution in [1.82, 2.24) is 9.88 Å². The fourth-order valence-electron chi connectivity index (χ4n) is 3.93. The monoisotopic (exact) mass is 414 g/mol. The third kappa shape index (κ3) is 3.30. The molecule has 6 heteroatoms. The van der Waals surface area contributed by atoms with Crippen molar-refractivity contribution in [2.45, 2.75) is 26.8 Å². The number of pyridine rings is 2. The van der Waals surface area contributed by atoms with Crippen LogP contribution in [0, 0.1) is 0 Å². The van der Waals surface area contributed by atoms with Crippen molar-refractivity contribution in [2.24, 2.45) is 7.05 Å². The zero-order chi connectivity index (χ0) is 22.3. The second kappa shape index (κ2) is 7.80. The van der Waals surface area contributed by atoms with Gasteiger partial charge >= 0.3 is 0 Å². The number of nitrogens with one attached hydrogen (secondary N) is 1. The van der Waals surface area contributed by atoms with Crippen LogP contribution >= 0.6 is 0 Å². The van der Waals surface area contributed by atoms with Crippen LogP contribution in [-0.4, -0.2) is 16.4 Å². The maximum Gasteiger partial charge on any atom is 0.259 e. The number of benzene rings is 2. The van der Waals surface area contributed by atoms with Gasteiger partial charge in [-0.1, -0.05) is 32.9 Å². The molecule has 156 valence electrons. The number of carbonyl (C=O) groups is 2. The normalized spacial score (nSPS) is 12.6. The van der Waals surface area contributed by atoms with Gasteiger partial charge in [-0.25, -0.2) is 4.57 Å². The van der Waals surface area contributed by atoms with E-state index in [0.717, 1.165) is 10.9 Å². The summed E-state index contributed by atoms with van der Waals surface area (Å²) in [5, 5.41) is 5.31. The number of hydrogen-bond acceptors (Lipinski definition) is 3. The molecule has 0 aliphatic carbocycles. The van der Waals surface area contributed by atoms with E-state index in [1.54, 1.807) is 28.8 Å². The smallest absolute Gasteiger partial charge is 0.259 e. The number of carbonyl (C=O) groups excluding carboxylic acids is 2. The van der Waals surface area contributed by atoms with E-state index < -0.39 is 11.8 Å². The minimum atomic E-state index is -0.446. The number of rotatable bonds is 2. The molecule has 0 atom stereocenters. The van der Waals surface area contributed by atoms with Gasteiger partial charge in [0.1, 0.15) is 7.05 Å². The predicted molar refractivity (Wildman–Crippen MR) is 121 cm³/mol. The molecule has 2 aromatic carbocycles. The third-order valence-electron chi connectivity index (χ3n) is 5.38. The van der Waals surface area contributed by atoms with Crippen molar-refractivity contribution in [1.29, 1.82) is 0 Å². The van der Waals surface area contributed by atoms with Crippen LogP contribution in [0.15, 0.2) is 53.6 Å². The molecule has 0 radical (unpaired) electrons. The van der Waals surface area contributed by atoms with Crippen molar-refractivity contribution in [3.05, 3.63) is 81.2 Å². The summed E-state index contributed by atoms with van der Waals surface area (Å²) in [6, 6.07) is 10.7. The van der Waals surface area contributed by atoms with Crippen LogP contribution < -0.4 is 20.8 Å². The Kier molecular flexibility index (Phi) is 5.15. The van der Waals surface area contributed by atoms with Gasteiger partial charge in [-0.3, -0.25) is 19.7 Å². The molecule has 31 heavy (non-hydrogen) atoms. The van der Waals surface area contributed by atoms with Gasteiger partial charge in [-0.05, 0) is 23.8 Å². The van der Waals surface area contributed by atoms with Gasteiger partial charge in [-0.2, -0.15) is 0 Å². The van der Waals surface area contributed by atoms with E-state index in [4.69, 9.17) is 0 Å². The van der Waals surface area contributed by atoms with Crippen molar-refractivity contribution < 1.29 is 14.2 Å². The predicted octanol–water partition coefficient (Wildman–Crippen LogP) is 2.46. The lowest BCUT2D eigenvalue weighted by Crippen LogP contribution is -2.37. The Balaban J connectivity index is 0.000000730. The Labute approximate surface area is 179 Å². The first-order valence-corrected chi connectivity index (χ1v) is 10.3. The van der Waals surface area contributed by atoms with Gasteiger partial charge in [0, 0.05) is 50.2 Å². The van der Waals surface area contributed by atoms with Crippen LogP contribution in [0.25, 0.3) is 28.1 Å². The Morgan fingerprint density at radius 3 is 2.00 bits per heavy atom. The van der Waals surface area contributed by atoms with E-state index >= 15 is 0 Å². The van der Waals surface area contributed by atoms with Crippen LogP contribution in [0.5, 0.6) is 0 Å². The van der Waals surface area contributed by atoms with Gasteiger partial charge in [0.2, 0.25) is 0 Å². The number of nitrogens with zero attached hydrogens (tertiary/aromatic N) is 2. The SMILES string of the molecule is C=c1c2ccc3c4c(ccc(c(=O)n1Cc1cc[n+](C)cc1)c42)C(=O)NC3=O.CCC. The number of aromatic nitrogens is 2. The highest BCUT2D eigenvalue weighted by molar-refractivity contribution is 6.30. The number of aryl methyl sites for hydroxylation is 1. The Bertz CT molecular complexity index is 1370. The minimum absolute atomic E-state index is 0.187. The number of hydrogen-bond donors (Lipinski definition) is 1. The molecular weight excluding hydrogens is 390 g/mol. The van der Waals surface area contributed by atoms with E-state index in [1.807, 2.05) is 36.1 Å². The van der Waals surface area contributed by atoms with E-state index in [0.29, 0.717) is 39.2 Å². The maximum atomic E-state index is 13.3. The average molecular weight is 414 g/mol. The number of amides is 2. The van der Waals surface area contributed by atoms with Crippen LogP contribution in [0.1, 0.15) is 46.5 Å². The van der Waals surface area contributed by atoms with Gasteiger partial charge < -0.3 is 4.57 Å². The largest absolute Gasteiger partial charge is 0.304 e. The summed E-state index contributed by atoms with van der Waals surface area (Å²) in [5.74, 6) is -0.891. The first kappa shape index (κ1) is 20.5. The Morgan fingerprint density at radius 2 is 1.42 bits per heavy atom. The molecule has 1 aliphatic rings. The summed E-state index contributed by atoms with van der Waals surface area (Å²) < 4.78 is 3.56.